The third kappa shape index (κ3) is 5.09. The van der Waals surface area contributed by atoms with E-state index in [-0.39, 0.29) is 17.7 Å². The first-order chi connectivity index (χ1) is 9.63. The highest BCUT2D eigenvalue weighted by Gasteiger charge is 2.29. The Morgan fingerprint density at radius 3 is 2.70 bits per heavy atom. The molecule has 1 atom stereocenters. The molecule has 0 unspecified atom stereocenters. The van der Waals surface area contributed by atoms with Gasteiger partial charge in [0.1, 0.15) is 0 Å². The van der Waals surface area contributed by atoms with Crippen molar-refractivity contribution >= 4 is 17.6 Å². The van der Waals surface area contributed by atoms with Gasteiger partial charge in [0.25, 0.3) is 0 Å². The van der Waals surface area contributed by atoms with Gasteiger partial charge in [-0.05, 0) is 32.1 Å². The molecule has 5 N–H and O–H groups in total. The first-order valence-electron chi connectivity index (χ1n) is 7.12. The van der Waals surface area contributed by atoms with Crippen molar-refractivity contribution in [1.29, 1.82) is 10.8 Å². The second-order valence-corrected chi connectivity index (χ2v) is 5.03. The van der Waals surface area contributed by atoms with Crippen molar-refractivity contribution < 1.29 is 0 Å². The molecule has 0 heterocycles. The highest BCUT2D eigenvalue weighted by molar-refractivity contribution is 6.45. The number of nitrogens with zero attached hydrogens (tertiary/aromatic N) is 1. The normalized spacial score (nSPS) is 17.0. The van der Waals surface area contributed by atoms with E-state index in [9.17, 15) is 0 Å². The molecule has 5 nitrogen and oxygen atoms in total. The molecule has 0 spiro atoms. The molecule has 1 aliphatic carbocycles. The van der Waals surface area contributed by atoms with Crippen molar-refractivity contribution in [2.24, 2.45) is 16.8 Å². The summed E-state index contributed by atoms with van der Waals surface area (Å²) in [6.07, 6.45) is 9.81. The Bertz CT molecular complexity index is 418. The lowest BCUT2D eigenvalue weighted by Gasteiger charge is -2.10. The van der Waals surface area contributed by atoms with Gasteiger partial charge in [-0.3, -0.25) is 16.2 Å². The van der Waals surface area contributed by atoms with E-state index < -0.39 is 0 Å². The Labute approximate surface area is 121 Å². The number of allylic oxidation sites excluding steroid dienone is 2. The SMILES string of the molecule is C=CCC[C@@H](CC)/N=C\C(=N)/C(=C/NN)C(=N)C1CC1. The molecule has 5 heteroatoms. The summed E-state index contributed by atoms with van der Waals surface area (Å²) in [4.78, 5) is 4.44. The molecule has 110 valence electrons. The van der Waals surface area contributed by atoms with Crippen LogP contribution in [0.3, 0.4) is 0 Å². The second-order valence-electron chi connectivity index (χ2n) is 5.03. The van der Waals surface area contributed by atoms with Crippen LogP contribution in [0.1, 0.15) is 39.0 Å². The van der Waals surface area contributed by atoms with E-state index in [2.05, 4.69) is 23.9 Å². The standard InChI is InChI=1S/C15H25N5/c1-3-5-6-12(4-2)19-10-14(16)13(9-20-18)15(17)11-7-8-11/h3,9-12,16-17,20H,1,4-8,18H2,2H3/b13-9-,16-14?,17-15?,19-10-/t12-/m1/s1. The summed E-state index contributed by atoms with van der Waals surface area (Å²) in [5, 5.41) is 16.1. The number of hydrogen-bond donors (Lipinski definition) is 4. The Morgan fingerprint density at radius 2 is 2.20 bits per heavy atom. The second kappa shape index (κ2) is 8.43. The number of hydrazine groups is 1. The van der Waals surface area contributed by atoms with Crippen LogP contribution in [0.4, 0.5) is 0 Å². The summed E-state index contributed by atoms with van der Waals surface area (Å²) in [5.41, 5.74) is 3.70. The maximum Gasteiger partial charge on any atom is 0.0823 e. The van der Waals surface area contributed by atoms with Gasteiger partial charge in [-0.1, -0.05) is 13.0 Å². The zero-order valence-electron chi connectivity index (χ0n) is 12.2. The molecular formula is C15H25N5. The molecule has 0 saturated heterocycles. The van der Waals surface area contributed by atoms with Crippen molar-refractivity contribution in [2.75, 3.05) is 0 Å². The van der Waals surface area contributed by atoms with Crippen LogP contribution in [0, 0.1) is 16.7 Å². The van der Waals surface area contributed by atoms with Crippen LogP contribution < -0.4 is 11.3 Å². The molecule has 0 aromatic carbocycles. The lowest BCUT2D eigenvalue weighted by molar-refractivity contribution is 0.608. The quantitative estimate of drug-likeness (QED) is 0.213. The van der Waals surface area contributed by atoms with E-state index >= 15 is 0 Å². The minimum Gasteiger partial charge on any atom is -0.331 e. The molecule has 0 radical (unpaired) electrons. The number of nitrogens with two attached hydrogens (primary N) is 1. The van der Waals surface area contributed by atoms with Crippen LogP contribution in [0.5, 0.6) is 0 Å². The van der Waals surface area contributed by atoms with Crippen molar-refractivity contribution in [3.05, 3.63) is 24.4 Å². The predicted molar refractivity (Wildman–Crippen MR) is 85.6 cm³/mol. The minimum atomic E-state index is 0.204. The molecule has 0 aliphatic heterocycles. The number of hydrogen-bond acceptors (Lipinski definition) is 5. The number of rotatable bonds is 10. The van der Waals surface area contributed by atoms with Gasteiger partial charge < -0.3 is 10.8 Å². The predicted octanol–water partition coefficient (Wildman–Crippen LogP) is 2.60. The van der Waals surface area contributed by atoms with Crippen molar-refractivity contribution in [3.63, 3.8) is 0 Å². The van der Waals surface area contributed by atoms with Crippen LogP contribution in [0.2, 0.25) is 0 Å². The van der Waals surface area contributed by atoms with E-state index in [1.807, 2.05) is 6.08 Å². The average molecular weight is 275 g/mol. The smallest absolute Gasteiger partial charge is 0.0823 e. The van der Waals surface area contributed by atoms with Gasteiger partial charge in [-0.25, -0.2) is 0 Å². The van der Waals surface area contributed by atoms with Gasteiger partial charge >= 0.3 is 0 Å². The fraction of sp³-hybridized carbons (Fsp3) is 0.533. The van der Waals surface area contributed by atoms with E-state index in [0.717, 1.165) is 32.1 Å². The van der Waals surface area contributed by atoms with Crippen molar-refractivity contribution in [3.8, 4) is 0 Å². The van der Waals surface area contributed by atoms with Gasteiger partial charge in [-0.15, -0.1) is 6.58 Å². The number of aliphatic imine (C=N–C) groups is 1. The summed E-state index contributed by atoms with van der Waals surface area (Å²) in [5.74, 6) is 5.58. The molecule has 0 aromatic rings. The molecule has 0 bridgehead atoms. The summed E-state index contributed by atoms with van der Waals surface area (Å²) in [7, 11) is 0. The van der Waals surface area contributed by atoms with Crippen LogP contribution in [-0.2, 0) is 0 Å². The van der Waals surface area contributed by atoms with Crippen molar-refractivity contribution in [1.82, 2.24) is 5.43 Å². The van der Waals surface area contributed by atoms with Gasteiger partial charge in [0.05, 0.1) is 11.8 Å². The van der Waals surface area contributed by atoms with E-state index in [1.54, 1.807) is 6.21 Å². The molecule has 1 aliphatic rings. The van der Waals surface area contributed by atoms with Gasteiger partial charge in [-0.2, -0.15) is 0 Å². The fourth-order valence-electron chi connectivity index (χ4n) is 1.92. The summed E-state index contributed by atoms with van der Waals surface area (Å²) >= 11 is 0. The van der Waals surface area contributed by atoms with Crippen LogP contribution in [0.15, 0.2) is 29.4 Å². The first kappa shape index (κ1) is 16.3. The molecule has 0 amide bonds. The minimum absolute atomic E-state index is 0.204. The molecule has 1 saturated carbocycles. The topological polar surface area (TPSA) is 98.1 Å². The zero-order chi connectivity index (χ0) is 15.0. The average Bonchev–Trinajstić information content (AvgIpc) is 3.28. The maximum absolute atomic E-state index is 8.07. The Morgan fingerprint density at radius 1 is 1.50 bits per heavy atom. The van der Waals surface area contributed by atoms with Gasteiger partial charge in [0.2, 0.25) is 0 Å². The van der Waals surface area contributed by atoms with E-state index in [4.69, 9.17) is 16.7 Å². The third-order valence-corrected chi connectivity index (χ3v) is 3.38. The molecule has 1 fully saturated rings. The number of nitrogens with one attached hydrogen (secondary N) is 3. The largest absolute Gasteiger partial charge is 0.331 e. The summed E-state index contributed by atoms with van der Waals surface area (Å²) in [6.45, 7) is 5.79. The lowest BCUT2D eigenvalue weighted by Crippen LogP contribution is -2.22. The summed E-state index contributed by atoms with van der Waals surface area (Å²) in [6, 6.07) is 0.204. The molecule has 1 rings (SSSR count). The molecule has 0 aromatic heterocycles. The van der Waals surface area contributed by atoms with Crippen LogP contribution >= 0.6 is 0 Å². The molecular weight excluding hydrogens is 250 g/mol. The van der Waals surface area contributed by atoms with E-state index in [0.29, 0.717) is 11.3 Å². The van der Waals surface area contributed by atoms with Crippen LogP contribution in [-0.4, -0.2) is 23.7 Å². The molecule has 20 heavy (non-hydrogen) atoms. The van der Waals surface area contributed by atoms with Crippen molar-refractivity contribution in [2.45, 2.75) is 45.1 Å². The van der Waals surface area contributed by atoms with Gasteiger partial charge in [0, 0.05) is 29.6 Å². The maximum atomic E-state index is 8.07. The Hall–Kier alpha value is -1.75. The van der Waals surface area contributed by atoms with Gasteiger partial charge in [0.15, 0.2) is 0 Å². The van der Waals surface area contributed by atoms with E-state index in [1.165, 1.54) is 6.20 Å². The Kier molecular flexibility index (Phi) is 6.87. The Balaban J connectivity index is 2.67. The fourth-order valence-corrected chi connectivity index (χ4v) is 1.92. The zero-order valence-corrected chi connectivity index (χ0v) is 12.2. The van der Waals surface area contributed by atoms with Crippen LogP contribution in [0.25, 0.3) is 0 Å². The lowest BCUT2D eigenvalue weighted by atomic mass is 10.0. The summed E-state index contributed by atoms with van der Waals surface area (Å²) < 4.78 is 0. The first-order valence-corrected chi connectivity index (χ1v) is 7.12. The highest BCUT2D eigenvalue weighted by atomic mass is 15.2. The monoisotopic (exact) mass is 275 g/mol. The highest BCUT2D eigenvalue weighted by Crippen LogP contribution is 2.32. The third-order valence-electron chi connectivity index (χ3n) is 3.38.